The van der Waals surface area contributed by atoms with E-state index in [1.165, 1.54) is 6.08 Å². The van der Waals surface area contributed by atoms with E-state index < -0.39 is 17.8 Å². The van der Waals surface area contributed by atoms with E-state index in [0.29, 0.717) is 23.4 Å². The van der Waals surface area contributed by atoms with E-state index in [2.05, 4.69) is 11.4 Å². The second kappa shape index (κ2) is 8.76. The molecule has 1 aliphatic rings. The van der Waals surface area contributed by atoms with Crippen molar-refractivity contribution in [1.29, 1.82) is 5.26 Å². The molecule has 0 atom stereocenters. The molecule has 1 aliphatic heterocycles. The van der Waals surface area contributed by atoms with E-state index in [9.17, 15) is 19.6 Å². The van der Waals surface area contributed by atoms with Crippen LogP contribution in [0.4, 0.5) is 10.5 Å². The van der Waals surface area contributed by atoms with Crippen LogP contribution in [0, 0.1) is 18.3 Å². The predicted molar refractivity (Wildman–Crippen MR) is 132 cm³/mol. The fraction of sp³-hybridized carbons (Fsp3) is 0.0714. The zero-order valence-corrected chi connectivity index (χ0v) is 18.9. The molecule has 1 fully saturated rings. The quantitative estimate of drug-likeness (QED) is 0.357. The number of urea groups is 1. The molecule has 4 aromatic rings. The third-order valence-corrected chi connectivity index (χ3v) is 5.99. The molecule has 1 saturated heterocycles. The highest BCUT2D eigenvalue weighted by Gasteiger charge is 2.37. The van der Waals surface area contributed by atoms with Gasteiger partial charge in [-0.2, -0.15) is 5.26 Å². The number of aryl methyl sites for hydroxylation is 1. The number of nitrogens with zero attached hydrogens (tertiary/aromatic N) is 3. The summed E-state index contributed by atoms with van der Waals surface area (Å²) in [5.74, 6) is -1.43. The fourth-order valence-electron chi connectivity index (χ4n) is 4.21. The number of nitrogens with one attached hydrogen (secondary N) is 1. The Balaban J connectivity index is 1.58. The Morgan fingerprint density at radius 2 is 1.66 bits per heavy atom. The monoisotopic (exact) mass is 460 g/mol. The largest absolute Gasteiger partial charge is 0.342 e. The first-order valence-electron chi connectivity index (χ1n) is 11.0. The molecule has 2 heterocycles. The summed E-state index contributed by atoms with van der Waals surface area (Å²) in [5, 5.41) is 12.6. The third kappa shape index (κ3) is 3.98. The highest BCUT2D eigenvalue weighted by molar-refractivity contribution is 6.39. The standard InChI is InChI=1S/C28H20N4O3/c1-18-10-12-22(13-11-18)32-27(34)24(26(33)30-28(32)35)14-21-17-31(25-9-5-4-8-23(21)25)16-20-7-3-2-6-19(20)15-29/h2-14,17H,16H2,1H3,(H,30,33,35). The molecule has 0 aliphatic carbocycles. The molecule has 35 heavy (non-hydrogen) atoms. The number of carbonyl (C=O) groups is 3. The number of para-hydroxylation sites is 1. The summed E-state index contributed by atoms with van der Waals surface area (Å²) in [5.41, 5.74) is 4.22. The minimum Gasteiger partial charge on any atom is -0.342 e. The van der Waals surface area contributed by atoms with Gasteiger partial charge in [-0.3, -0.25) is 14.9 Å². The van der Waals surface area contributed by atoms with Crippen LogP contribution in [0.25, 0.3) is 17.0 Å². The molecule has 7 heteroatoms. The van der Waals surface area contributed by atoms with E-state index in [4.69, 9.17) is 0 Å². The lowest BCUT2D eigenvalue weighted by Gasteiger charge is -2.26. The zero-order valence-electron chi connectivity index (χ0n) is 18.9. The van der Waals surface area contributed by atoms with Crippen molar-refractivity contribution in [2.45, 2.75) is 13.5 Å². The molecule has 170 valence electrons. The molecular formula is C28H20N4O3. The highest BCUT2D eigenvalue weighted by atomic mass is 16.2. The highest BCUT2D eigenvalue weighted by Crippen LogP contribution is 2.27. The van der Waals surface area contributed by atoms with Crippen molar-refractivity contribution in [3.8, 4) is 6.07 Å². The number of fused-ring (bicyclic) bond motifs is 1. The Kier molecular flexibility index (Phi) is 5.47. The number of hydrogen-bond donors (Lipinski definition) is 1. The number of benzene rings is 3. The summed E-state index contributed by atoms with van der Waals surface area (Å²) in [4.78, 5) is 39.4. The number of imide groups is 2. The molecule has 1 aromatic heterocycles. The lowest BCUT2D eigenvalue weighted by molar-refractivity contribution is -0.122. The lowest BCUT2D eigenvalue weighted by atomic mass is 10.1. The van der Waals surface area contributed by atoms with Crippen LogP contribution in [-0.4, -0.2) is 22.4 Å². The summed E-state index contributed by atoms with van der Waals surface area (Å²) < 4.78 is 1.98. The molecule has 0 radical (unpaired) electrons. The van der Waals surface area contributed by atoms with Crippen molar-refractivity contribution in [3.05, 3.63) is 107 Å². The average Bonchev–Trinajstić information content (AvgIpc) is 3.20. The van der Waals surface area contributed by atoms with Gasteiger partial charge in [0.15, 0.2) is 0 Å². The number of carbonyl (C=O) groups excluding carboxylic acids is 3. The molecule has 5 rings (SSSR count). The first kappa shape index (κ1) is 21.9. The van der Waals surface area contributed by atoms with Crippen molar-refractivity contribution in [2.75, 3.05) is 4.90 Å². The van der Waals surface area contributed by atoms with Gasteiger partial charge in [0.2, 0.25) is 0 Å². The molecule has 1 N–H and O–H groups in total. The Morgan fingerprint density at radius 3 is 2.43 bits per heavy atom. The normalized spacial score (nSPS) is 14.9. The molecule has 0 saturated carbocycles. The van der Waals surface area contributed by atoms with E-state index in [1.807, 2.05) is 60.2 Å². The molecule has 0 spiro atoms. The number of amides is 4. The van der Waals surface area contributed by atoms with Gasteiger partial charge in [0.1, 0.15) is 5.57 Å². The molecule has 0 bridgehead atoms. The van der Waals surface area contributed by atoms with Gasteiger partial charge >= 0.3 is 6.03 Å². The molecule has 7 nitrogen and oxygen atoms in total. The lowest BCUT2D eigenvalue weighted by Crippen LogP contribution is -2.54. The van der Waals surface area contributed by atoms with Crippen LogP contribution in [0.3, 0.4) is 0 Å². The number of rotatable bonds is 4. The van der Waals surface area contributed by atoms with Gasteiger partial charge in [-0.05, 0) is 42.8 Å². The van der Waals surface area contributed by atoms with Gasteiger partial charge in [0.25, 0.3) is 11.8 Å². The van der Waals surface area contributed by atoms with E-state index in [-0.39, 0.29) is 5.57 Å². The van der Waals surface area contributed by atoms with Crippen molar-refractivity contribution in [2.24, 2.45) is 0 Å². The minimum absolute atomic E-state index is 0.134. The van der Waals surface area contributed by atoms with Crippen molar-refractivity contribution < 1.29 is 14.4 Å². The minimum atomic E-state index is -0.781. The van der Waals surface area contributed by atoms with Crippen molar-refractivity contribution in [3.63, 3.8) is 0 Å². The Labute approximate surface area is 201 Å². The summed E-state index contributed by atoms with van der Waals surface area (Å²) in [6.45, 7) is 2.35. The number of nitriles is 1. The van der Waals surface area contributed by atoms with Crippen molar-refractivity contribution in [1.82, 2.24) is 9.88 Å². The number of hydrogen-bond acceptors (Lipinski definition) is 4. The van der Waals surface area contributed by atoms with Gasteiger partial charge in [-0.1, -0.05) is 54.1 Å². The van der Waals surface area contributed by atoms with Gasteiger partial charge in [0, 0.05) is 29.2 Å². The Hall–Kier alpha value is -4.96. The van der Waals surface area contributed by atoms with Gasteiger partial charge < -0.3 is 4.57 Å². The molecular weight excluding hydrogens is 440 g/mol. The summed E-state index contributed by atoms with van der Waals surface area (Å²) >= 11 is 0. The maximum Gasteiger partial charge on any atom is 0.335 e. The van der Waals surface area contributed by atoms with Crippen LogP contribution in [-0.2, 0) is 16.1 Å². The topological polar surface area (TPSA) is 95.2 Å². The summed E-state index contributed by atoms with van der Waals surface area (Å²) in [6, 6.07) is 23.4. The second-order valence-electron chi connectivity index (χ2n) is 8.29. The van der Waals surface area contributed by atoms with Crippen LogP contribution in [0.1, 0.15) is 22.3 Å². The third-order valence-electron chi connectivity index (χ3n) is 5.99. The number of anilines is 1. The van der Waals surface area contributed by atoms with Crippen LogP contribution < -0.4 is 10.2 Å². The van der Waals surface area contributed by atoms with Crippen molar-refractivity contribution >= 4 is 40.5 Å². The maximum atomic E-state index is 13.3. The molecule has 4 amide bonds. The first-order valence-corrected chi connectivity index (χ1v) is 11.0. The van der Waals surface area contributed by atoms with Crippen LogP contribution in [0.15, 0.2) is 84.6 Å². The van der Waals surface area contributed by atoms with Gasteiger partial charge in [-0.15, -0.1) is 0 Å². The van der Waals surface area contributed by atoms with Gasteiger partial charge in [0.05, 0.1) is 17.3 Å². The average molecular weight is 460 g/mol. The number of barbiturate groups is 1. The molecule has 3 aromatic carbocycles. The Bertz CT molecular complexity index is 1570. The summed E-state index contributed by atoms with van der Waals surface area (Å²) in [6.07, 6.45) is 3.36. The maximum absolute atomic E-state index is 13.3. The summed E-state index contributed by atoms with van der Waals surface area (Å²) in [7, 11) is 0. The zero-order chi connectivity index (χ0) is 24.5. The van der Waals surface area contributed by atoms with Gasteiger partial charge in [-0.25, -0.2) is 9.69 Å². The Morgan fingerprint density at radius 1 is 0.943 bits per heavy atom. The smallest absolute Gasteiger partial charge is 0.335 e. The van der Waals surface area contributed by atoms with Crippen LogP contribution in [0.5, 0.6) is 0 Å². The second-order valence-corrected chi connectivity index (χ2v) is 8.29. The van der Waals surface area contributed by atoms with Crippen LogP contribution in [0.2, 0.25) is 0 Å². The van der Waals surface area contributed by atoms with E-state index in [1.54, 1.807) is 30.3 Å². The first-order chi connectivity index (χ1) is 17.0. The van der Waals surface area contributed by atoms with Crippen LogP contribution >= 0.6 is 0 Å². The SMILES string of the molecule is Cc1ccc(N2C(=O)NC(=O)C(=Cc3cn(Cc4ccccc4C#N)c4ccccc34)C2=O)cc1. The molecule has 0 unspecified atom stereocenters. The fourth-order valence-corrected chi connectivity index (χ4v) is 4.21. The number of aromatic nitrogens is 1. The van der Waals surface area contributed by atoms with E-state index in [0.717, 1.165) is 26.9 Å². The predicted octanol–water partition coefficient (Wildman–Crippen LogP) is 4.54. The van der Waals surface area contributed by atoms with E-state index >= 15 is 0 Å².